The lowest BCUT2D eigenvalue weighted by atomic mass is 10.1. The molecular weight excluding hydrogens is 363 g/mol. The maximum absolute atomic E-state index is 5.87. The maximum Gasteiger partial charge on any atom is 0.184 e. The van der Waals surface area contributed by atoms with E-state index in [0.717, 1.165) is 11.3 Å². The predicted octanol–water partition coefficient (Wildman–Crippen LogP) is 3.57. The van der Waals surface area contributed by atoms with E-state index in [1.165, 1.54) is 9.77 Å². The molecule has 0 bridgehead atoms. The summed E-state index contributed by atoms with van der Waals surface area (Å²) in [6.07, 6.45) is 3.09. The number of aromatic nitrogens is 2. The highest BCUT2D eigenvalue weighted by molar-refractivity contribution is 14.1. The van der Waals surface area contributed by atoms with Gasteiger partial charge in [-0.15, -0.1) is 0 Å². The molecule has 0 aliphatic heterocycles. The van der Waals surface area contributed by atoms with E-state index in [1.807, 2.05) is 31.2 Å². The number of nitrogens with zero attached hydrogens (tertiary/aromatic N) is 3. The van der Waals surface area contributed by atoms with Crippen LogP contribution in [0, 0.1) is 3.57 Å². The van der Waals surface area contributed by atoms with Crippen molar-refractivity contribution < 1.29 is 0 Å². The van der Waals surface area contributed by atoms with E-state index in [0.29, 0.717) is 11.0 Å². The molecule has 0 radical (unpaired) electrons. The number of hydrazone groups is 1. The molecule has 2 rings (SSSR count). The highest BCUT2D eigenvalue weighted by Crippen LogP contribution is 2.14. The van der Waals surface area contributed by atoms with Gasteiger partial charge in [0.1, 0.15) is 0 Å². The van der Waals surface area contributed by atoms with Crippen LogP contribution in [0.4, 0.5) is 5.82 Å². The minimum absolute atomic E-state index is 0.302. The smallest absolute Gasteiger partial charge is 0.184 e. The Kier molecular flexibility index (Phi) is 4.48. The van der Waals surface area contributed by atoms with Crippen molar-refractivity contribution in [2.24, 2.45) is 5.10 Å². The highest BCUT2D eigenvalue weighted by atomic mass is 127. The summed E-state index contributed by atoms with van der Waals surface area (Å²) in [5.41, 5.74) is 4.71. The second-order valence-corrected chi connectivity index (χ2v) is 5.12. The molecule has 4 nitrogen and oxygen atoms in total. The molecule has 0 saturated carbocycles. The summed E-state index contributed by atoms with van der Waals surface area (Å²) in [5.74, 6) is 0.448. The number of anilines is 1. The van der Waals surface area contributed by atoms with Crippen LogP contribution in [0.2, 0.25) is 5.15 Å². The van der Waals surface area contributed by atoms with Gasteiger partial charge in [-0.25, -0.2) is 9.97 Å². The summed E-state index contributed by atoms with van der Waals surface area (Å²) >= 11 is 8.13. The van der Waals surface area contributed by atoms with Gasteiger partial charge in [0.05, 0.1) is 5.71 Å². The van der Waals surface area contributed by atoms with Crippen molar-refractivity contribution in [2.75, 3.05) is 5.43 Å². The molecule has 0 fully saturated rings. The Bertz CT molecular complexity index is 569. The van der Waals surface area contributed by atoms with Crippen LogP contribution >= 0.6 is 34.2 Å². The van der Waals surface area contributed by atoms with Crippen molar-refractivity contribution in [3.8, 4) is 0 Å². The van der Waals surface area contributed by atoms with E-state index >= 15 is 0 Å². The summed E-state index contributed by atoms with van der Waals surface area (Å²) in [7, 11) is 0. The fraction of sp³-hybridized carbons (Fsp3) is 0.0833. The van der Waals surface area contributed by atoms with Crippen molar-refractivity contribution in [1.29, 1.82) is 0 Å². The standard InChI is InChI=1S/C12H10ClIN4/c1-8(9-2-4-10(14)5-3-9)17-18-12-11(13)15-6-7-16-12/h2-7H,1H3,(H,16,18)/b17-8-. The number of hydrogen-bond donors (Lipinski definition) is 1. The summed E-state index contributed by atoms with van der Waals surface area (Å²) in [6, 6.07) is 8.09. The molecule has 0 saturated heterocycles. The van der Waals surface area contributed by atoms with Gasteiger partial charge >= 0.3 is 0 Å². The fourth-order valence-electron chi connectivity index (χ4n) is 1.29. The van der Waals surface area contributed by atoms with Crippen molar-refractivity contribution >= 4 is 45.7 Å². The van der Waals surface area contributed by atoms with E-state index in [9.17, 15) is 0 Å². The molecule has 0 aliphatic rings. The van der Waals surface area contributed by atoms with E-state index in [2.05, 4.69) is 43.1 Å². The lowest BCUT2D eigenvalue weighted by Crippen LogP contribution is -2.01. The van der Waals surface area contributed by atoms with Gasteiger partial charge in [0.15, 0.2) is 11.0 Å². The normalized spacial score (nSPS) is 11.4. The van der Waals surface area contributed by atoms with Gasteiger partial charge in [-0.1, -0.05) is 23.7 Å². The van der Waals surface area contributed by atoms with Crippen LogP contribution in [0.5, 0.6) is 0 Å². The molecule has 2 aromatic rings. The van der Waals surface area contributed by atoms with Crippen LogP contribution < -0.4 is 5.43 Å². The summed E-state index contributed by atoms with van der Waals surface area (Å²) in [5, 5.41) is 4.53. The third-order valence-corrected chi connectivity index (χ3v) is 3.24. The van der Waals surface area contributed by atoms with Gasteiger partial charge < -0.3 is 0 Å². The molecule has 92 valence electrons. The number of rotatable bonds is 3. The zero-order valence-corrected chi connectivity index (χ0v) is 12.5. The molecule has 0 aliphatic carbocycles. The molecule has 0 unspecified atom stereocenters. The van der Waals surface area contributed by atoms with Gasteiger partial charge in [-0.2, -0.15) is 5.10 Å². The Morgan fingerprint density at radius 3 is 2.56 bits per heavy atom. The number of hydrogen-bond acceptors (Lipinski definition) is 4. The lowest BCUT2D eigenvalue weighted by molar-refractivity contribution is 1.15. The van der Waals surface area contributed by atoms with Crippen LogP contribution in [-0.4, -0.2) is 15.7 Å². The average molecular weight is 373 g/mol. The van der Waals surface area contributed by atoms with Crippen molar-refractivity contribution in [3.05, 3.63) is 50.9 Å². The van der Waals surface area contributed by atoms with E-state index in [1.54, 1.807) is 6.20 Å². The second-order valence-electron chi connectivity index (χ2n) is 3.51. The van der Waals surface area contributed by atoms with E-state index in [-0.39, 0.29) is 0 Å². The van der Waals surface area contributed by atoms with Gasteiger partial charge in [-0.05, 0) is 47.2 Å². The summed E-state index contributed by atoms with van der Waals surface area (Å²) in [6.45, 7) is 1.92. The summed E-state index contributed by atoms with van der Waals surface area (Å²) in [4.78, 5) is 7.96. The first-order valence-corrected chi connectivity index (χ1v) is 6.65. The predicted molar refractivity (Wildman–Crippen MR) is 82.0 cm³/mol. The topological polar surface area (TPSA) is 50.2 Å². The van der Waals surface area contributed by atoms with Gasteiger partial charge in [0, 0.05) is 16.0 Å². The zero-order valence-electron chi connectivity index (χ0n) is 9.56. The highest BCUT2D eigenvalue weighted by Gasteiger charge is 2.01. The molecule has 0 amide bonds. The first kappa shape index (κ1) is 13.2. The minimum atomic E-state index is 0.302. The molecule has 1 aromatic heterocycles. The number of halogens is 2. The number of nitrogens with one attached hydrogen (secondary N) is 1. The summed E-state index contributed by atoms with van der Waals surface area (Å²) < 4.78 is 1.19. The molecule has 1 N–H and O–H groups in total. The first-order valence-electron chi connectivity index (χ1n) is 5.19. The second kappa shape index (κ2) is 6.10. The zero-order chi connectivity index (χ0) is 13.0. The molecule has 1 heterocycles. The van der Waals surface area contributed by atoms with Crippen LogP contribution in [0.25, 0.3) is 0 Å². The SMILES string of the molecule is C/C(=N/Nc1nccnc1Cl)c1ccc(I)cc1. The van der Waals surface area contributed by atoms with E-state index in [4.69, 9.17) is 11.6 Å². The quantitative estimate of drug-likeness (QED) is 0.509. The number of benzene rings is 1. The van der Waals surface area contributed by atoms with Crippen LogP contribution in [0.1, 0.15) is 12.5 Å². The monoisotopic (exact) mass is 372 g/mol. The van der Waals surface area contributed by atoms with Crippen LogP contribution in [0.15, 0.2) is 41.8 Å². The largest absolute Gasteiger partial charge is 0.259 e. The Morgan fingerprint density at radius 2 is 1.89 bits per heavy atom. The van der Waals surface area contributed by atoms with Crippen LogP contribution in [-0.2, 0) is 0 Å². The van der Waals surface area contributed by atoms with Crippen LogP contribution in [0.3, 0.4) is 0 Å². The van der Waals surface area contributed by atoms with Gasteiger partial charge in [-0.3, -0.25) is 5.43 Å². The Balaban J connectivity index is 2.14. The average Bonchev–Trinajstić information content (AvgIpc) is 2.38. The lowest BCUT2D eigenvalue weighted by Gasteiger charge is -2.03. The molecular formula is C12H10ClIN4. The third-order valence-electron chi connectivity index (χ3n) is 2.25. The fourth-order valence-corrected chi connectivity index (χ4v) is 1.80. The first-order chi connectivity index (χ1) is 8.66. The minimum Gasteiger partial charge on any atom is -0.259 e. The van der Waals surface area contributed by atoms with Crippen molar-refractivity contribution in [2.45, 2.75) is 6.92 Å². The Hall–Kier alpha value is -1.21. The van der Waals surface area contributed by atoms with E-state index < -0.39 is 0 Å². The molecule has 0 spiro atoms. The van der Waals surface area contributed by atoms with Crippen molar-refractivity contribution in [3.63, 3.8) is 0 Å². The third kappa shape index (κ3) is 3.39. The maximum atomic E-state index is 5.87. The molecule has 1 aromatic carbocycles. The van der Waals surface area contributed by atoms with Crippen molar-refractivity contribution in [1.82, 2.24) is 9.97 Å². The Labute approximate surface area is 124 Å². The molecule has 6 heteroatoms. The molecule has 18 heavy (non-hydrogen) atoms. The van der Waals surface area contributed by atoms with Gasteiger partial charge in [0.2, 0.25) is 0 Å². The molecule has 0 atom stereocenters. The Morgan fingerprint density at radius 1 is 1.22 bits per heavy atom. The van der Waals surface area contributed by atoms with Gasteiger partial charge in [0.25, 0.3) is 0 Å².